The Hall–Kier alpha value is 1.01. The molecule has 6 heteroatoms. The minimum Gasteiger partial charge on any atom is -1.00 e. The van der Waals surface area contributed by atoms with Crippen LogP contribution in [0.2, 0.25) is 5.02 Å². The van der Waals surface area contributed by atoms with Crippen LogP contribution in [0.5, 0.6) is 0 Å². The molecule has 0 unspecified atom stereocenters. The standard InChI is InChI=1S/C9H7ClN2S2.K.H/c10-8-3-1-2-7(4-8)5-13-9(12)14-6-11;;/h1-4,12H,5H2;;/q;+1;-1. The summed E-state index contributed by atoms with van der Waals surface area (Å²) >= 11 is 8.00. The monoisotopic (exact) mass is 282 g/mol. The fourth-order valence-corrected chi connectivity index (χ4v) is 2.14. The average molecular weight is 283 g/mol. The first-order valence-corrected chi connectivity index (χ1v) is 5.92. The van der Waals surface area contributed by atoms with Crippen molar-refractivity contribution in [2.24, 2.45) is 0 Å². The molecule has 0 aliphatic carbocycles. The van der Waals surface area contributed by atoms with Crippen LogP contribution < -0.4 is 51.4 Å². The summed E-state index contributed by atoms with van der Waals surface area (Å²) in [5.74, 6) is 0.675. The quantitative estimate of drug-likeness (QED) is 0.378. The predicted octanol–water partition coefficient (Wildman–Crippen LogP) is 0.839. The van der Waals surface area contributed by atoms with Gasteiger partial charge in [0.05, 0.1) is 0 Å². The second kappa shape index (κ2) is 9.08. The van der Waals surface area contributed by atoms with Crippen molar-refractivity contribution in [3.8, 4) is 5.40 Å². The van der Waals surface area contributed by atoms with Crippen LogP contribution in [0.4, 0.5) is 0 Å². The minimum atomic E-state index is 0. The van der Waals surface area contributed by atoms with E-state index in [9.17, 15) is 0 Å². The Balaban J connectivity index is 0. The van der Waals surface area contributed by atoms with Gasteiger partial charge in [-0.15, -0.1) is 0 Å². The SMILES string of the molecule is N#CSC(=N)SCc1cccc(Cl)c1.[H-].[K+]. The normalized spacial score (nSPS) is 8.80. The van der Waals surface area contributed by atoms with Gasteiger partial charge in [-0.1, -0.05) is 35.5 Å². The van der Waals surface area contributed by atoms with Gasteiger partial charge in [0, 0.05) is 22.5 Å². The van der Waals surface area contributed by atoms with E-state index in [1.54, 1.807) is 0 Å². The van der Waals surface area contributed by atoms with Gasteiger partial charge in [-0.2, -0.15) is 5.26 Å². The van der Waals surface area contributed by atoms with E-state index in [1.807, 2.05) is 29.7 Å². The molecular formula is C9H8ClKN2S2. The van der Waals surface area contributed by atoms with E-state index in [0.29, 0.717) is 15.2 Å². The minimum absolute atomic E-state index is 0. The first-order chi connectivity index (χ1) is 6.72. The molecule has 2 nitrogen and oxygen atoms in total. The van der Waals surface area contributed by atoms with Gasteiger partial charge in [0.15, 0.2) is 0 Å². The summed E-state index contributed by atoms with van der Waals surface area (Å²) in [6.45, 7) is 0. The van der Waals surface area contributed by atoms with Gasteiger partial charge < -0.3 is 1.43 Å². The van der Waals surface area contributed by atoms with Gasteiger partial charge in [0.25, 0.3) is 0 Å². The number of hydrogen-bond acceptors (Lipinski definition) is 4. The predicted molar refractivity (Wildman–Crippen MR) is 64.8 cm³/mol. The molecule has 15 heavy (non-hydrogen) atoms. The van der Waals surface area contributed by atoms with E-state index in [2.05, 4.69) is 0 Å². The molecule has 1 N–H and O–H groups in total. The van der Waals surface area contributed by atoms with Crippen LogP contribution in [0.1, 0.15) is 6.99 Å². The van der Waals surface area contributed by atoms with Crippen molar-refractivity contribution >= 4 is 39.5 Å². The van der Waals surface area contributed by atoms with Crippen molar-refractivity contribution in [3.63, 3.8) is 0 Å². The second-order valence-electron chi connectivity index (χ2n) is 2.40. The van der Waals surface area contributed by atoms with E-state index >= 15 is 0 Å². The maximum atomic E-state index is 8.32. The van der Waals surface area contributed by atoms with Crippen molar-refractivity contribution in [1.82, 2.24) is 0 Å². The number of nitriles is 1. The maximum Gasteiger partial charge on any atom is 1.00 e. The van der Waals surface area contributed by atoms with Gasteiger partial charge >= 0.3 is 51.4 Å². The van der Waals surface area contributed by atoms with Crippen molar-refractivity contribution in [1.29, 1.82) is 10.7 Å². The van der Waals surface area contributed by atoms with E-state index in [4.69, 9.17) is 22.3 Å². The molecule has 0 aromatic heterocycles. The Labute approximate surface area is 147 Å². The Morgan fingerprint density at radius 3 is 2.93 bits per heavy atom. The second-order valence-corrected chi connectivity index (χ2v) is 4.87. The van der Waals surface area contributed by atoms with Crippen LogP contribution in [0, 0.1) is 16.1 Å². The topological polar surface area (TPSA) is 47.6 Å². The van der Waals surface area contributed by atoms with Crippen molar-refractivity contribution in [2.45, 2.75) is 5.75 Å². The number of thiocyanates is 1. The number of thioether (sulfide) groups is 2. The Bertz CT molecular complexity index is 384. The van der Waals surface area contributed by atoms with E-state index < -0.39 is 0 Å². The van der Waals surface area contributed by atoms with Gasteiger partial charge in [-0.25, -0.2) is 0 Å². The zero-order valence-corrected chi connectivity index (χ0v) is 13.7. The fourth-order valence-electron chi connectivity index (χ4n) is 0.847. The molecule has 1 aromatic rings. The molecule has 1 rings (SSSR count). The number of nitrogens with zero attached hydrogens (tertiary/aromatic N) is 1. The molecule has 0 saturated heterocycles. The Morgan fingerprint density at radius 1 is 1.60 bits per heavy atom. The third kappa shape index (κ3) is 7.03. The molecule has 0 bridgehead atoms. The van der Waals surface area contributed by atoms with Crippen LogP contribution in [0.15, 0.2) is 24.3 Å². The number of benzene rings is 1. The van der Waals surface area contributed by atoms with Gasteiger partial charge in [0.1, 0.15) is 9.78 Å². The summed E-state index contributed by atoms with van der Waals surface area (Å²) in [4.78, 5) is 0. The molecule has 1 aromatic carbocycles. The molecule has 0 heterocycles. The van der Waals surface area contributed by atoms with E-state index in [0.717, 1.165) is 17.3 Å². The summed E-state index contributed by atoms with van der Waals surface area (Å²) in [5, 5.41) is 18.2. The fraction of sp³-hybridized carbons (Fsp3) is 0.111. The maximum absolute atomic E-state index is 8.32. The van der Waals surface area contributed by atoms with Gasteiger partial charge in [0.2, 0.25) is 0 Å². The summed E-state index contributed by atoms with van der Waals surface area (Å²) < 4.78 is 0.312. The summed E-state index contributed by atoms with van der Waals surface area (Å²) in [6.07, 6.45) is 0. The summed E-state index contributed by atoms with van der Waals surface area (Å²) in [5.41, 5.74) is 1.06. The van der Waals surface area contributed by atoms with Gasteiger partial charge in [-0.3, -0.25) is 5.41 Å². The van der Waals surface area contributed by atoms with Gasteiger partial charge in [-0.05, 0) is 17.7 Å². The van der Waals surface area contributed by atoms with E-state index in [1.165, 1.54) is 11.8 Å². The molecule has 0 radical (unpaired) electrons. The zero-order valence-electron chi connectivity index (χ0n) is 9.16. The number of nitrogens with one attached hydrogen (secondary N) is 1. The first-order valence-electron chi connectivity index (χ1n) is 3.74. The largest absolute Gasteiger partial charge is 1.00 e. The molecule has 0 aliphatic rings. The molecule has 0 saturated carbocycles. The van der Waals surface area contributed by atoms with Crippen LogP contribution in [-0.4, -0.2) is 4.38 Å². The summed E-state index contributed by atoms with van der Waals surface area (Å²) in [6, 6.07) is 7.49. The molecule has 0 aliphatic heterocycles. The third-order valence-corrected chi connectivity index (χ3v) is 3.25. The van der Waals surface area contributed by atoms with Crippen molar-refractivity contribution < 1.29 is 52.8 Å². The van der Waals surface area contributed by atoms with Crippen molar-refractivity contribution in [3.05, 3.63) is 34.9 Å². The molecule has 0 amide bonds. The number of hydrogen-bond donors (Lipinski definition) is 1. The van der Waals surface area contributed by atoms with E-state index in [-0.39, 0.29) is 52.8 Å². The molecule has 0 atom stereocenters. The smallest absolute Gasteiger partial charge is 1.00 e. The summed E-state index contributed by atoms with van der Waals surface area (Å²) in [7, 11) is 0. The van der Waals surface area contributed by atoms with Crippen LogP contribution in [0.3, 0.4) is 0 Å². The zero-order chi connectivity index (χ0) is 10.4. The third-order valence-electron chi connectivity index (χ3n) is 1.40. The van der Waals surface area contributed by atoms with Crippen LogP contribution >= 0.6 is 35.1 Å². The van der Waals surface area contributed by atoms with Crippen LogP contribution in [-0.2, 0) is 5.75 Å². The molecular weight excluding hydrogens is 275 g/mol. The number of rotatable bonds is 2. The Kier molecular flexibility index (Phi) is 9.69. The molecule has 0 spiro atoms. The number of halogens is 1. The van der Waals surface area contributed by atoms with Crippen molar-refractivity contribution in [2.75, 3.05) is 0 Å². The molecule has 74 valence electrons. The first kappa shape index (κ1) is 16.0. The average Bonchev–Trinajstić information content (AvgIpc) is 2.15. The molecule has 0 fully saturated rings. The van der Waals surface area contributed by atoms with Crippen LogP contribution in [0.25, 0.3) is 0 Å². The Morgan fingerprint density at radius 2 is 2.33 bits per heavy atom.